The molecule has 9 heteroatoms. The molecule has 0 saturated heterocycles. The Hall–Kier alpha value is -2.19. The Morgan fingerprint density at radius 1 is 1.19 bits per heavy atom. The fourth-order valence-electron chi connectivity index (χ4n) is 2.23. The van der Waals surface area contributed by atoms with Crippen molar-refractivity contribution < 1.29 is 4.39 Å². The third kappa shape index (κ3) is 2.32. The van der Waals surface area contributed by atoms with Crippen LogP contribution in [0.15, 0.2) is 27.8 Å². The summed E-state index contributed by atoms with van der Waals surface area (Å²) >= 11 is 11.0. The molecular formula is C12H8ClFN4O2S. The zero-order valence-electron chi connectivity index (χ0n) is 10.3. The van der Waals surface area contributed by atoms with Gasteiger partial charge in [-0.15, -0.1) is 0 Å². The maximum Gasteiger partial charge on any atom is 0.327 e. The van der Waals surface area contributed by atoms with Gasteiger partial charge in [-0.05, 0) is 24.4 Å². The van der Waals surface area contributed by atoms with Crippen LogP contribution in [0.4, 0.5) is 10.2 Å². The van der Waals surface area contributed by atoms with E-state index in [1.807, 2.05) is 0 Å². The second kappa shape index (κ2) is 4.97. The number of hydrogen-bond acceptors (Lipinski definition) is 3. The van der Waals surface area contributed by atoms with Crippen molar-refractivity contribution in [2.24, 2.45) is 0 Å². The molecule has 21 heavy (non-hydrogen) atoms. The Morgan fingerprint density at radius 2 is 1.95 bits per heavy atom. The minimum atomic E-state index is -0.900. The molecule has 4 N–H and O–H groups in total. The fourth-order valence-corrected chi connectivity index (χ4v) is 2.72. The Kier molecular flexibility index (Phi) is 3.26. The largest absolute Gasteiger partial charge is 0.351 e. The third-order valence-corrected chi connectivity index (χ3v) is 3.62. The number of thiocarbonyl (C=S) groups is 1. The van der Waals surface area contributed by atoms with Crippen LogP contribution in [0.3, 0.4) is 0 Å². The van der Waals surface area contributed by atoms with Crippen LogP contribution < -0.4 is 21.9 Å². The number of benzene rings is 1. The number of halogens is 2. The van der Waals surface area contributed by atoms with Gasteiger partial charge in [0.2, 0.25) is 0 Å². The van der Waals surface area contributed by atoms with Crippen LogP contribution in [-0.4, -0.2) is 15.1 Å². The lowest BCUT2D eigenvalue weighted by molar-refractivity contribution is 0.586. The molecule has 0 saturated carbocycles. The van der Waals surface area contributed by atoms with E-state index < -0.39 is 23.1 Å². The van der Waals surface area contributed by atoms with Crippen molar-refractivity contribution in [1.29, 1.82) is 0 Å². The second-order valence-electron chi connectivity index (χ2n) is 4.36. The first-order valence-electron chi connectivity index (χ1n) is 5.85. The van der Waals surface area contributed by atoms with Crippen LogP contribution in [0.5, 0.6) is 0 Å². The molecule has 0 aliphatic carbocycles. The minimum absolute atomic E-state index is 0.0850. The van der Waals surface area contributed by atoms with Crippen LogP contribution in [0.2, 0.25) is 5.02 Å². The summed E-state index contributed by atoms with van der Waals surface area (Å²) in [6.07, 6.45) is 0. The summed E-state index contributed by atoms with van der Waals surface area (Å²) < 4.78 is 14.1. The summed E-state index contributed by atoms with van der Waals surface area (Å²) in [5, 5.41) is 5.74. The minimum Gasteiger partial charge on any atom is -0.351 e. The predicted octanol–water partition coefficient (Wildman–Crippen LogP) is 1.25. The Bertz CT molecular complexity index is 843. The summed E-state index contributed by atoms with van der Waals surface area (Å²) in [6, 6.07) is 3.29. The number of fused-ring (bicyclic) bond motifs is 1. The molecule has 1 aromatic heterocycles. The highest BCUT2D eigenvalue weighted by Crippen LogP contribution is 2.33. The maximum atomic E-state index is 14.1. The summed E-state index contributed by atoms with van der Waals surface area (Å²) in [7, 11) is 0. The summed E-state index contributed by atoms with van der Waals surface area (Å²) in [5.74, 6) is -0.460. The van der Waals surface area contributed by atoms with Crippen molar-refractivity contribution in [3.8, 4) is 0 Å². The van der Waals surface area contributed by atoms with Gasteiger partial charge in [0.1, 0.15) is 11.6 Å². The van der Waals surface area contributed by atoms with E-state index in [1.54, 1.807) is 0 Å². The number of aromatic amines is 2. The van der Waals surface area contributed by atoms with Gasteiger partial charge in [0, 0.05) is 10.6 Å². The molecule has 1 aromatic carbocycles. The third-order valence-electron chi connectivity index (χ3n) is 3.07. The van der Waals surface area contributed by atoms with Crippen molar-refractivity contribution in [2.45, 2.75) is 6.04 Å². The van der Waals surface area contributed by atoms with Gasteiger partial charge >= 0.3 is 5.69 Å². The smallest absolute Gasteiger partial charge is 0.327 e. The van der Waals surface area contributed by atoms with Gasteiger partial charge in [0.15, 0.2) is 5.11 Å². The first-order valence-corrected chi connectivity index (χ1v) is 6.64. The number of H-pyrrole nitrogens is 2. The highest BCUT2D eigenvalue weighted by atomic mass is 35.5. The number of nitrogens with one attached hydrogen (secondary N) is 4. The monoisotopic (exact) mass is 326 g/mol. The molecule has 3 rings (SSSR count). The fraction of sp³-hybridized carbons (Fsp3) is 0.0833. The van der Waals surface area contributed by atoms with Crippen LogP contribution >= 0.6 is 23.8 Å². The summed E-state index contributed by atoms with van der Waals surface area (Å²) in [6.45, 7) is 0. The molecule has 0 fully saturated rings. The van der Waals surface area contributed by atoms with E-state index >= 15 is 0 Å². The van der Waals surface area contributed by atoms with Crippen molar-refractivity contribution in [3.63, 3.8) is 0 Å². The van der Waals surface area contributed by atoms with E-state index in [9.17, 15) is 14.0 Å². The number of aromatic nitrogens is 2. The molecule has 0 bridgehead atoms. The van der Waals surface area contributed by atoms with Gasteiger partial charge in [-0.1, -0.05) is 17.7 Å². The first-order chi connectivity index (χ1) is 9.97. The van der Waals surface area contributed by atoms with Crippen molar-refractivity contribution in [3.05, 3.63) is 61.0 Å². The zero-order chi connectivity index (χ0) is 15.1. The SMILES string of the molecule is O=c1[nH]c2c(c(=O)[nH]1)C(c1c(F)cccc1Cl)NC(=S)N2. The lowest BCUT2D eigenvalue weighted by Crippen LogP contribution is -2.44. The first kappa shape index (κ1) is 13.8. The average Bonchev–Trinajstić information content (AvgIpc) is 2.36. The molecule has 0 radical (unpaired) electrons. The number of hydrogen-bond donors (Lipinski definition) is 4. The number of rotatable bonds is 1. The molecule has 1 unspecified atom stereocenters. The van der Waals surface area contributed by atoms with E-state index in [0.29, 0.717) is 0 Å². The summed E-state index contributed by atoms with van der Waals surface area (Å²) in [5.41, 5.74) is -1.15. The van der Waals surface area contributed by atoms with Gasteiger partial charge in [-0.3, -0.25) is 14.8 Å². The molecule has 0 spiro atoms. The molecule has 2 heterocycles. The van der Waals surface area contributed by atoms with E-state index in [1.165, 1.54) is 18.2 Å². The van der Waals surface area contributed by atoms with Crippen LogP contribution in [0.1, 0.15) is 17.2 Å². The van der Waals surface area contributed by atoms with Gasteiger partial charge in [0.05, 0.1) is 11.6 Å². The van der Waals surface area contributed by atoms with Gasteiger partial charge < -0.3 is 10.6 Å². The molecular weight excluding hydrogens is 319 g/mol. The van der Waals surface area contributed by atoms with E-state index in [2.05, 4.69) is 20.6 Å². The highest BCUT2D eigenvalue weighted by Gasteiger charge is 2.31. The van der Waals surface area contributed by atoms with Gasteiger partial charge in [-0.25, -0.2) is 9.18 Å². The molecule has 6 nitrogen and oxygen atoms in total. The molecule has 2 aromatic rings. The Balaban J connectivity index is 2.30. The lowest BCUT2D eigenvalue weighted by atomic mass is 9.98. The molecule has 0 amide bonds. The molecule has 108 valence electrons. The van der Waals surface area contributed by atoms with E-state index in [4.69, 9.17) is 23.8 Å². The molecule has 1 atom stereocenters. The standard InChI is InChI=1S/C12H8ClFN4O2S/c13-4-2-1-3-5(14)6(4)8-7-9(17-12(21)15-8)16-11(20)18-10(7)19/h1-3,8H,(H4,15,16,17,18,19,20,21). The second-order valence-corrected chi connectivity index (χ2v) is 5.18. The van der Waals surface area contributed by atoms with Gasteiger partial charge in [0.25, 0.3) is 5.56 Å². The Labute approximate surface area is 127 Å². The van der Waals surface area contributed by atoms with Gasteiger partial charge in [-0.2, -0.15) is 0 Å². The number of anilines is 1. The molecule has 1 aliphatic rings. The normalized spacial score (nSPS) is 16.9. The maximum absolute atomic E-state index is 14.1. The average molecular weight is 327 g/mol. The summed E-state index contributed by atoms with van der Waals surface area (Å²) in [4.78, 5) is 27.9. The lowest BCUT2D eigenvalue weighted by Gasteiger charge is -2.28. The topological polar surface area (TPSA) is 89.8 Å². The van der Waals surface area contributed by atoms with E-state index in [0.717, 1.165) is 0 Å². The van der Waals surface area contributed by atoms with Crippen LogP contribution in [0.25, 0.3) is 0 Å². The van der Waals surface area contributed by atoms with Crippen molar-refractivity contribution >= 4 is 34.7 Å². The van der Waals surface area contributed by atoms with E-state index in [-0.39, 0.29) is 27.1 Å². The quantitative estimate of drug-likeness (QED) is 0.592. The van der Waals surface area contributed by atoms with Crippen LogP contribution in [-0.2, 0) is 0 Å². The Morgan fingerprint density at radius 3 is 2.67 bits per heavy atom. The van der Waals surface area contributed by atoms with Crippen molar-refractivity contribution in [1.82, 2.24) is 15.3 Å². The zero-order valence-corrected chi connectivity index (χ0v) is 11.9. The van der Waals surface area contributed by atoms with Crippen molar-refractivity contribution in [2.75, 3.05) is 5.32 Å². The van der Waals surface area contributed by atoms with Crippen LogP contribution in [0, 0.1) is 5.82 Å². The highest BCUT2D eigenvalue weighted by molar-refractivity contribution is 7.80. The predicted molar refractivity (Wildman–Crippen MR) is 80.3 cm³/mol. The molecule has 1 aliphatic heterocycles.